The summed E-state index contributed by atoms with van der Waals surface area (Å²) in [6.45, 7) is 3.72. The molecule has 0 saturated carbocycles. The van der Waals surface area contributed by atoms with Crippen LogP contribution in [0.25, 0.3) is 16.9 Å². The van der Waals surface area contributed by atoms with Gasteiger partial charge in [-0.15, -0.1) is 0 Å². The summed E-state index contributed by atoms with van der Waals surface area (Å²) in [5.74, 6) is 0.523. The minimum Gasteiger partial charge on any atom is -0.290 e. The fourth-order valence-corrected chi connectivity index (χ4v) is 2.31. The van der Waals surface area contributed by atoms with Crippen molar-refractivity contribution < 1.29 is 0 Å². The molecule has 0 unspecified atom stereocenters. The predicted molar refractivity (Wildman–Crippen MR) is 74.0 cm³/mol. The molecule has 6 heteroatoms. The zero-order chi connectivity index (χ0) is 13.6. The van der Waals surface area contributed by atoms with Crippen molar-refractivity contribution in [3.8, 4) is 5.69 Å². The summed E-state index contributed by atoms with van der Waals surface area (Å²) in [5.41, 5.74) is 2.52. The molecule has 2 aromatic heterocycles. The first-order chi connectivity index (χ1) is 9.06. The number of aryl methyl sites for hydroxylation is 2. The van der Waals surface area contributed by atoms with Crippen molar-refractivity contribution in [1.82, 2.24) is 19.5 Å². The molecule has 1 N–H and O–H groups in total. The molecule has 96 valence electrons. The van der Waals surface area contributed by atoms with E-state index in [9.17, 15) is 4.79 Å². The Morgan fingerprint density at radius 1 is 1.16 bits per heavy atom. The summed E-state index contributed by atoms with van der Waals surface area (Å²) >= 11 is 6.13. The lowest BCUT2D eigenvalue weighted by Crippen LogP contribution is -2.14. The summed E-state index contributed by atoms with van der Waals surface area (Å²) in [7, 11) is 0. The molecule has 19 heavy (non-hydrogen) atoms. The SMILES string of the molecule is Cc1ccc(-n2c(=O)[nH]c3nc(C)nc(Cl)c32)cc1. The molecular formula is C13H11ClN4O. The van der Waals surface area contributed by atoms with Gasteiger partial charge in [-0.3, -0.25) is 9.55 Å². The number of imidazole rings is 1. The number of nitrogens with zero attached hydrogens (tertiary/aromatic N) is 3. The number of aromatic amines is 1. The van der Waals surface area contributed by atoms with Gasteiger partial charge in [-0.1, -0.05) is 29.3 Å². The lowest BCUT2D eigenvalue weighted by molar-refractivity contribution is 1.01. The lowest BCUT2D eigenvalue weighted by Gasteiger charge is -2.04. The topological polar surface area (TPSA) is 63.6 Å². The molecule has 3 rings (SSSR count). The zero-order valence-electron chi connectivity index (χ0n) is 10.4. The maximum Gasteiger partial charge on any atom is 0.332 e. The number of fused-ring (bicyclic) bond motifs is 1. The molecule has 0 spiro atoms. The molecule has 0 saturated heterocycles. The van der Waals surface area contributed by atoms with Gasteiger partial charge in [0.05, 0.1) is 5.69 Å². The first kappa shape index (κ1) is 11.9. The molecule has 2 heterocycles. The van der Waals surface area contributed by atoms with E-state index in [0.29, 0.717) is 17.0 Å². The van der Waals surface area contributed by atoms with Crippen molar-refractivity contribution in [2.24, 2.45) is 0 Å². The van der Waals surface area contributed by atoms with E-state index in [4.69, 9.17) is 11.6 Å². The van der Waals surface area contributed by atoms with Crippen molar-refractivity contribution in [3.05, 3.63) is 51.3 Å². The third kappa shape index (κ3) is 1.92. The van der Waals surface area contributed by atoms with Gasteiger partial charge in [0.25, 0.3) is 0 Å². The van der Waals surface area contributed by atoms with Crippen LogP contribution in [0.3, 0.4) is 0 Å². The standard InChI is InChI=1S/C13H11ClN4O/c1-7-3-5-9(6-4-7)18-10-11(14)15-8(2)16-12(10)17-13(18)19/h3-6H,1-2H3,(H,15,16,17,19). The van der Waals surface area contributed by atoms with Gasteiger partial charge in [-0.05, 0) is 26.0 Å². The Morgan fingerprint density at radius 3 is 2.53 bits per heavy atom. The number of H-pyrrole nitrogens is 1. The van der Waals surface area contributed by atoms with Crippen LogP contribution in [-0.4, -0.2) is 19.5 Å². The quantitative estimate of drug-likeness (QED) is 0.693. The highest BCUT2D eigenvalue weighted by Crippen LogP contribution is 2.21. The fraction of sp³-hybridized carbons (Fsp3) is 0.154. The highest BCUT2D eigenvalue weighted by atomic mass is 35.5. The summed E-state index contributed by atoms with van der Waals surface area (Å²) in [5, 5.41) is 0.265. The third-order valence-corrected chi connectivity index (χ3v) is 3.16. The molecule has 0 aliphatic carbocycles. The number of benzene rings is 1. The molecule has 0 bridgehead atoms. The first-order valence-electron chi connectivity index (χ1n) is 5.78. The second-order valence-corrected chi connectivity index (χ2v) is 4.72. The number of rotatable bonds is 1. The van der Waals surface area contributed by atoms with E-state index in [0.717, 1.165) is 11.3 Å². The van der Waals surface area contributed by atoms with Gasteiger partial charge < -0.3 is 0 Å². The molecule has 0 atom stereocenters. The molecular weight excluding hydrogens is 264 g/mol. The van der Waals surface area contributed by atoms with Crippen LogP contribution in [0, 0.1) is 13.8 Å². The predicted octanol–water partition coefficient (Wildman–Crippen LogP) is 2.38. The van der Waals surface area contributed by atoms with E-state index in [1.54, 1.807) is 6.92 Å². The molecule has 3 aromatic rings. The summed E-state index contributed by atoms with van der Waals surface area (Å²) in [6.07, 6.45) is 0. The second-order valence-electron chi connectivity index (χ2n) is 4.36. The largest absolute Gasteiger partial charge is 0.332 e. The van der Waals surface area contributed by atoms with Gasteiger partial charge >= 0.3 is 5.69 Å². The highest BCUT2D eigenvalue weighted by molar-refractivity contribution is 6.33. The van der Waals surface area contributed by atoms with E-state index in [1.165, 1.54) is 4.57 Å². The molecule has 5 nitrogen and oxygen atoms in total. The Balaban J connectivity index is 2.38. The minimum absolute atomic E-state index is 0.265. The Labute approximate surface area is 113 Å². The van der Waals surface area contributed by atoms with E-state index in [1.807, 2.05) is 31.2 Å². The van der Waals surface area contributed by atoms with Gasteiger partial charge in [-0.25, -0.2) is 14.8 Å². The second kappa shape index (κ2) is 4.20. The Morgan fingerprint density at radius 2 is 1.84 bits per heavy atom. The van der Waals surface area contributed by atoms with Crippen LogP contribution in [0.1, 0.15) is 11.4 Å². The molecule has 1 aromatic carbocycles. The average molecular weight is 275 g/mol. The van der Waals surface area contributed by atoms with Crippen molar-refractivity contribution in [2.45, 2.75) is 13.8 Å². The van der Waals surface area contributed by atoms with Crippen LogP contribution in [0.2, 0.25) is 5.15 Å². The van der Waals surface area contributed by atoms with Gasteiger partial charge in [0.1, 0.15) is 11.3 Å². The van der Waals surface area contributed by atoms with E-state index in [-0.39, 0.29) is 10.8 Å². The summed E-state index contributed by atoms with van der Waals surface area (Å²) < 4.78 is 1.48. The smallest absolute Gasteiger partial charge is 0.290 e. The third-order valence-electron chi connectivity index (χ3n) is 2.90. The van der Waals surface area contributed by atoms with Crippen molar-refractivity contribution in [2.75, 3.05) is 0 Å². The Bertz CT molecular complexity index is 817. The average Bonchev–Trinajstić information content (AvgIpc) is 2.66. The zero-order valence-corrected chi connectivity index (χ0v) is 11.2. The van der Waals surface area contributed by atoms with Crippen LogP contribution in [0.4, 0.5) is 0 Å². The van der Waals surface area contributed by atoms with Crippen LogP contribution in [-0.2, 0) is 0 Å². The Hall–Kier alpha value is -2.14. The summed E-state index contributed by atoms with van der Waals surface area (Å²) in [4.78, 5) is 23.0. The molecule has 0 fully saturated rings. The van der Waals surface area contributed by atoms with Crippen molar-refractivity contribution in [3.63, 3.8) is 0 Å². The van der Waals surface area contributed by atoms with Gasteiger partial charge in [0.15, 0.2) is 10.8 Å². The van der Waals surface area contributed by atoms with Crippen LogP contribution < -0.4 is 5.69 Å². The molecule has 0 amide bonds. The van der Waals surface area contributed by atoms with E-state index in [2.05, 4.69) is 15.0 Å². The van der Waals surface area contributed by atoms with Gasteiger partial charge in [0.2, 0.25) is 0 Å². The number of halogens is 1. The van der Waals surface area contributed by atoms with E-state index >= 15 is 0 Å². The Kier molecular flexibility index (Phi) is 2.64. The normalized spacial score (nSPS) is 11.1. The summed E-state index contributed by atoms with van der Waals surface area (Å²) in [6, 6.07) is 7.59. The fourth-order valence-electron chi connectivity index (χ4n) is 2.02. The minimum atomic E-state index is -0.277. The highest BCUT2D eigenvalue weighted by Gasteiger charge is 2.14. The van der Waals surface area contributed by atoms with Crippen LogP contribution in [0.5, 0.6) is 0 Å². The monoisotopic (exact) mass is 274 g/mol. The number of hydrogen-bond donors (Lipinski definition) is 1. The van der Waals surface area contributed by atoms with Crippen LogP contribution in [0.15, 0.2) is 29.1 Å². The van der Waals surface area contributed by atoms with Gasteiger partial charge in [0, 0.05) is 0 Å². The molecule has 0 radical (unpaired) electrons. The van der Waals surface area contributed by atoms with Gasteiger partial charge in [-0.2, -0.15) is 0 Å². The maximum atomic E-state index is 12.1. The van der Waals surface area contributed by atoms with Crippen LogP contribution >= 0.6 is 11.6 Å². The van der Waals surface area contributed by atoms with Crippen molar-refractivity contribution in [1.29, 1.82) is 0 Å². The number of aromatic nitrogens is 4. The first-order valence-corrected chi connectivity index (χ1v) is 6.16. The maximum absolute atomic E-state index is 12.1. The molecule has 0 aliphatic rings. The van der Waals surface area contributed by atoms with Crippen molar-refractivity contribution >= 4 is 22.8 Å². The number of nitrogens with one attached hydrogen (secondary N) is 1. The molecule has 0 aliphatic heterocycles. The van der Waals surface area contributed by atoms with E-state index < -0.39 is 0 Å². The lowest BCUT2D eigenvalue weighted by atomic mass is 10.2. The number of hydrogen-bond acceptors (Lipinski definition) is 3.